The summed E-state index contributed by atoms with van der Waals surface area (Å²) >= 11 is 0. The van der Waals surface area contributed by atoms with E-state index in [0.717, 1.165) is 23.1 Å². The second-order valence-electron chi connectivity index (χ2n) is 6.39. The molecule has 1 amide bonds. The van der Waals surface area contributed by atoms with Gasteiger partial charge in [-0.3, -0.25) is 9.78 Å². The van der Waals surface area contributed by atoms with Gasteiger partial charge in [-0.1, -0.05) is 12.1 Å². The number of amides is 1. The standard InChI is InChI=1S/C21H14F3N5O2/c1-12-16(20(31)28-13-5-7-26-19(9-13)21(22,23)24)10-27-29(12)18-4-2-3-14-15(18)6-8-25-17(14)11-30/h2-10,25H,1H3,(H,26,28,31)/i1D3. The smallest absolute Gasteiger partial charge is 0.352 e. The molecule has 7 nitrogen and oxygen atoms in total. The molecule has 0 saturated carbocycles. The quantitative estimate of drug-likeness (QED) is 0.623. The summed E-state index contributed by atoms with van der Waals surface area (Å²) in [6.07, 6.45) is 0.246. The van der Waals surface area contributed by atoms with Gasteiger partial charge in [0, 0.05) is 33.3 Å². The van der Waals surface area contributed by atoms with Crippen LogP contribution in [0.25, 0.3) is 17.5 Å². The Balaban J connectivity index is 1.79. The van der Waals surface area contributed by atoms with E-state index in [1.165, 1.54) is 6.20 Å². The van der Waals surface area contributed by atoms with Crippen LogP contribution in [0.15, 0.2) is 48.9 Å². The van der Waals surface area contributed by atoms with Crippen LogP contribution >= 0.6 is 0 Å². The molecule has 0 fully saturated rings. The fourth-order valence-electron chi connectivity index (χ4n) is 3.06. The lowest BCUT2D eigenvalue weighted by Gasteiger charge is -2.17. The van der Waals surface area contributed by atoms with Crippen LogP contribution in [0.2, 0.25) is 0 Å². The van der Waals surface area contributed by atoms with Crippen LogP contribution in [0, 0.1) is 6.85 Å². The van der Waals surface area contributed by atoms with Gasteiger partial charge in [0.25, 0.3) is 5.91 Å². The van der Waals surface area contributed by atoms with Crippen LogP contribution < -0.4 is 10.6 Å². The summed E-state index contributed by atoms with van der Waals surface area (Å²) in [5.41, 5.74) is -0.919. The van der Waals surface area contributed by atoms with Crippen LogP contribution in [-0.2, 0) is 11.0 Å². The van der Waals surface area contributed by atoms with E-state index >= 15 is 0 Å². The largest absolute Gasteiger partial charge is 0.433 e. The molecule has 1 aliphatic rings. The number of alkyl halides is 3. The molecule has 31 heavy (non-hydrogen) atoms. The molecule has 0 radical (unpaired) electrons. The van der Waals surface area contributed by atoms with Gasteiger partial charge in [0.1, 0.15) is 11.4 Å². The van der Waals surface area contributed by atoms with Crippen LogP contribution in [-0.4, -0.2) is 26.6 Å². The van der Waals surface area contributed by atoms with Crippen molar-refractivity contribution in [2.45, 2.75) is 13.0 Å². The maximum Gasteiger partial charge on any atom is 0.433 e. The molecule has 3 aromatic rings. The van der Waals surface area contributed by atoms with Crippen LogP contribution in [0.4, 0.5) is 18.9 Å². The molecule has 2 aromatic heterocycles. The van der Waals surface area contributed by atoms with Gasteiger partial charge in [0.15, 0.2) is 5.94 Å². The van der Waals surface area contributed by atoms with Gasteiger partial charge in [0.05, 0.1) is 23.1 Å². The molecule has 4 rings (SSSR count). The molecule has 0 bridgehead atoms. The zero-order valence-corrected chi connectivity index (χ0v) is 15.5. The minimum Gasteiger partial charge on any atom is -0.352 e. The van der Waals surface area contributed by atoms with Crippen molar-refractivity contribution in [3.8, 4) is 5.69 Å². The third kappa shape index (κ3) is 3.72. The first-order chi connectivity index (χ1) is 16.0. The number of carbonyl (C=O) groups is 1. The van der Waals surface area contributed by atoms with Crippen molar-refractivity contribution < 1.29 is 26.9 Å². The second kappa shape index (κ2) is 7.58. The molecule has 0 unspecified atom stereocenters. The molecule has 156 valence electrons. The molecule has 0 saturated heterocycles. The van der Waals surface area contributed by atoms with Gasteiger partial charge >= 0.3 is 6.18 Å². The fourth-order valence-corrected chi connectivity index (χ4v) is 3.06. The summed E-state index contributed by atoms with van der Waals surface area (Å²) in [5, 5.41) is 9.07. The van der Waals surface area contributed by atoms with E-state index in [2.05, 4.69) is 20.7 Å². The van der Waals surface area contributed by atoms with Gasteiger partial charge in [-0.25, -0.2) is 9.48 Å². The van der Waals surface area contributed by atoms with E-state index in [-0.39, 0.29) is 22.6 Å². The summed E-state index contributed by atoms with van der Waals surface area (Å²) in [6, 6.07) is 6.54. The van der Waals surface area contributed by atoms with E-state index in [4.69, 9.17) is 4.11 Å². The van der Waals surface area contributed by atoms with E-state index in [1.54, 1.807) is 30.2 Å². The average molecular weight is 428 g/mol. The summed E-state index contributed by atoms with van der Waals surface area (Å²) in [4.78, 5) is 27.4. The fraction of sp³-hybridized carbons (Fsp3) is 0.0952. The molecule has 1 aliphatic heterocycles. The highest BCUT2D eigenvalue weighted by molar-refractivity contribution is 6.05. The molecule has 0 atom stereocenters. The van der Waals surface area contributed by atoms with E-state index in [1.807, 2.05) is 0 Å². The number of hydrogen-bond acceptors (Lipinski definition) is 5. The minimum absolute atomic E-state index is 0.137. The maximum atomic E-state index is 12.9. The lowest BCUT2D eigenvalue weighted by molar-refractivity contribution is -0.141. The summed E-state index contributed by atoms with van der Waals surface area (Å²) < 4.78 is 63.7. The number of hydrogen-bond donors (Lipinski definition) is 2. The Labute approximate surface area is 178 Å². The number of fused-ring (bicyclic) bond motifs is 1. The summed E-state index contributed by atoms with van der Waals surface area (Å²) in [7, 11) is 0. The number of halogens is 3. The lowest BCUT2D eigenvalue weighted by atomic mass is 10.0. The van der Waals surface area contributed by atoms with Crippen LogP contribution in [0.3, 0.4) is 0 Å². The van der Waals surface area contributed by atoms with Crippen molar-refractivity contribution in [2.24, 2.45) is 0 Å². The molecule has 0 aliphatic carbocycles. The lowest BCUT2D eigenvalue weighted by Crippen LogP contribution is -2.15. The predicted octanol–water partition coefficient (Wildman–Crippen LogP) is 3.59. The maximum absolute atomic E-state index is 12.9. The summed E-state index contributed by atoms with van der Waals surface area (Å²) in [5.74, 6) is 0.798. The first-order valence-corrected chi connectivity index (χ1v) is 8.76. The van der Waals surface area contributed by atoms with Crippen molar-refractivity contribution >= 4 is 29.3 Å². The number of aromatic nitrogens is 3. The molecule has 3 heterocycles. The van der Waals surface area contributed by atoms with Crippen molar-refractivity contribution in [1.82, 2.24) is 20.1 Å². The third-order valence-electron chi connectivity index (χ3n) is 4.48. The Bertz CT molecular complexity index is 1370. The molecule has 1 aromatic carbocycles. The zero-order chi connectivity index (χ0) is 24.7. The predicted molar refractivity (Wildman–Crippen MR) is 107 cm³/mol. The monoisotopic (exact) mass is 428 g/mol. The Hall–Kier alpha value is -4.17. The van der Waals surface area contributed by atoms with Crippen molar-refractivity contribution in [3.05, 3.63) is 77.0 Å². The third-order valence-corrected chi connectivity index (χ3v) is 4.48. The van der Waals surface area contributed by atoms with E-state index in [9.17, 15) is 22.8 Å². The normalized spacial score (nSPS) is 14.5. The number of pyridine rings is 1. The first kappa shape index (κ1) is 16.6. The zero-order valence-electron chi connectivity index (χ0n) is 18.5. The van der Waals surface area contributed by atoms with Gasteiger partial charge in [-0.05, 0) is 31.1 Å². The van der Waals surface area contributed by atoms with Gasteiger partial charge < -0.3 is 10.6 Å². The summed E-state index contributed by atoms with van der Waals surface area (Å²) in [6.45, 7) is -2.82. The van der Waals surface area contributed by atoms with Gasteiger partial charge in [-0.15, -0.1) is 0 Å². The van der Waals surface area contributed by atoms with Crippen molar-refractivity contribution in [1.29, 1.82) is 0 Å². The van der Waals surface area contributed by atoms with Crippen molar-refractivity contribution in [3.63, 3.8) is 0 Å². The van der Waals surface area contributed by atoms with E-state index < -0.39 is 30.3 Å². The topological polar surface area (TPSA) is 88.9 Å². The second-order valence-corrected chi connectivity index (χ2v) is 6.39. The average Bonchev–Trinajstić information content (AvgIpc) is 3.24. The number of nitrogens with one attached hydrogen (secondary N) is 2. The molecule has 2 N–H and O–H groups in total. The van der Waals surface area contributed by atoms with Gasteiger partial charge in [0.2, 0.25) is 0 Å². The number of carbonyl (C=O) groups excluding carboxylic acids is 2. The van der Waals surface area contributed by atoms with Gasteiger partial charge in [-0.2, -0.15) is 18.3 Å². The highest BCUT2D eigenvalue weighted by atomic mass is 19.4. The molecule has 0 spiro atoms. The van der Waals surface area contributed by atoms with Crippen molar-refractivity contribution in [2.75, 3.05) is 5.32 Å². The minimum atomic E-state index is -4.72. The number of nitrogens with zero attached hydrogens (tertiary/aromatic N) is 3. The first-order valence-electron chi connectivity index (χ1n) is 10.3. The Morgan fingerprint density at radius 3 is 2.90 bits per heavy atom. The molecular weight excluding hydrogens is 411 g/mol. The molecule has 10 heteroatoms. The van der Waals surface area contributed by atoms with E-state index in [0.29, 0.717) is 17.2 Å². The Morgan fingerprint density at radius 1 is 1.32 bits per heavy atom. The number of anilines is 1. The Kier molecular flexibility index (Phi) is 4.06. The SMILES string of the molecule is [2H]C([2H])([2H])c1c(C(=O)Nc2ccnc(C(F)(F)F)c2)cnn1-c1cccc2c1C=CNC2=C=O. The number of rotatable bonds is 3. The number of benzene rings is 1. The molecular formula is C21H14F3N5O2. The van der Waals surface area contributed by atoms with Crippen LogP contribution in [0.5, 0.6) is 0 Å². The Morgan fingerprint density at radius 2 is 2.16 bits per heavy atom. The highest BCUT2D eigenvalue weighted by Gasteiger charge is 2.32. The van der Waals surface area contributed by atoms with Crippen LogP contribution in [0.1, 0.15) is 37.0 Å². The highest BCUT2D eigenvalue weighted by Crippen LogP contribution is 2.30.